The minimum atomic E-state index is -0.641. The van der Waals surface area contributed by atoms with Gasteiger partial charge < -0.3 is 10.1 Å². The lowest BCUT2D eigenvalue weighted by Gasteiger charge is -2.05. The lowest BCUT2D eigenvalue weighted by atomic mass is 10.5. The summed E-state index contributed by atoms with van der Waals surface area (Å²) in [4.78, 5) is 34.3. The highest BCUT2D eigenvalue weighted by atomic mass is 32.1. The van der Waals surface area contributed by atoms with E-state index in [0.29, 0.717) is 4.88 Å². The summed E-state index contributed by atoms with van der Waals surface area (Å²) in [5.41, 5.74) is 0. The number of rotatable bonds is 4. The van der Waals surface area contributed by atoms with Crippen molar-refractivity contribution in [3.63, 3.8) is 0 Å². The van der Waals surface area contributed by atoms with Crippen molar-refractivity contribution >= 4 is 29.2 Å². The maximum absolute atomic E-state index is 11.4. The number of hydrogen-bond acceptors (Lipinski definition) is 5. The van der Waals surface area contributed by atoms with Crippen molar-refractivity contribution < 1.29 is 19.1 Å². The standard InChI is InChI=1S/C11H12N2O4S/c14-9(13-11(16)12-7-3-4-7)6-17-10(15)8-2-1-5-18-8/h1-2,5,7H,3-4,6H2,(H2,12,13,14,16). The fourth-order valence-corrected chi connectivity index (χ4v) is 1.82. The van der Waals surface area contributed by atoms with Crippen molar-refractivity contribution in [2.45, 2.75) is 18.9 Å². The number of hydrogen-bond donors (Lipinski definition) is 2. The number of imide groups is 1. The van der Waals surface area contributed by atoms with E-state index in [0.717, 1.165) is 12.8 Å². The normalized spacial score (nSPS) is 13.8. The molecule has 1 saturated carbocycles. The van der Waals surface area contributed by atoms with Gasteiger partial charge in [-0.15, -0.1) is 11.3 Å². The zero-order valence-corrected chi connectivity index (χ0v) is 10.3. The Bertz CT molecular complexity index is 454. The molecule has 1 aliphatic carbocycles. The summed E-state index contributed by atoms with van der Waals surface area (Å²) >= 11 is 1.23. The molecule has 2 rings (SSSR count). The van der Waals surface area contributed by atoms with Crippen LogP contribution in [0.4, 0.5) is 4.79 Å². The van der Waals surface area contributed by atoms with Crippen LogP contribution < -0.4 is 10.6 Å². The van der Waals surface area contributed by atoms with E-state index in [-0.39, 0.29) is 6.04 Å². The molecule has 6 nitrogen and oxygen atoms in total. The van der Waals surface area contributed by atoms with Gasteiger partial charge in [-0.05, 0) is 24.3 Å². The molecule has 1 aromatic heterocycles. The third-order valence-electron chi connectivity index (χ3n) is 2.22. The van der Waals surface area contributed by atoms with Crippen LogP contribution in [0.15, 0.2) is 17.5 Å². The van der Waals surface area contributed by atoms with E-state index >= 15 is 0 Å². The first-order chi connectivity index (χ1) is 8.65. The molecule has 96 valence electrons. The average Bonchev–Trinajstić information content (AvgIpc) is 2.97. The number of ether oxygens (including phenoxy) is 1. The van der Waals surface area contributed by atoms with Gasteiger partial charge in [0.05, 0.1) is 0 Å². The Morgan fingerprint density at radius 2 is 2.17 bits per heavy atom. The van der Waals surface area contributed by atoms with Crippen molar-refractivity contribution in [1.29, 1.82) is 0 Å². The quantitative estimate of drug-likeness (QED) is 0.794. The molecule has 0 spiro atoms. The smallest absolute Gasteiger partial charge is 0.348 e. The van der Waals surface area contributed by atoms with Crippen LogP contribution in [0, 0.1) is 0 Å². The van der Waals surface area contributed by atoms with Crippen LogP contribution in [0.25, 0.3) is 0 Å². The van der Waals surface area contributed by atoms with Gasteiger partial charge in [0.1, 0.15) is 4.88 Å². The number of nitrogens with one attached hydrogen (secondary N) is 2. The van der Waals surface area contributed by atoms with E-state index < -0.39 is 24.5 Å². The van der Waals surface area contributed by atoms with Gasteiger partial charge in [-0.25, -0.2) is 9.59 Å². The van der Waals surface area contributed by atoms with E-state index in [1.165, 1.54) is 11.3 Å². The summed E-state index contributed by atoms with van der Waals surface area (Å²) in [6.07, 6.45) is 1.88. The Kier molecular flexibility index (Phi) is 3.93. The van der Waals surface area contributed by atoms with E-state index in [9.17, 15) is 14.4 Å². The third-order valence-corrected chi connectivity index (χ3v) is 3.07. The van der Waals surface area contributed by atoms with Gasteiger partial charge in [0, 0.05) is 6.04 Å². The number of carbonyl (C=O) groups is 3. The summed E-state index contributed by atoms with van der Waals surface area (Å²) in [5.74, 6) is -1.21. The number of carbonyl (C=O) groups excluding carboxylic acids is 3. The summed E-state index contributed by atoms with van der Waals surface area (Å²) in [6, 6.07) is 2.94. The molecule has 1 aliphatic rings. The Morgan fingerprint density at radius 1 is 1.39 bits per heavy atom. The second-order valence-electron chi connectivity index (χ2n) is 3.85. The van der Waals surface area contributed by atoms with Crippen molar-refractivity contribution in [3.05, 3.63) is 22.4 Å². The minimum Gasteiger partial charge on any atom is -0.451 e. The van der Waals surface area contributed by atoms with Crippen LogP contribution in [0.2, 0.25) is 0 Å². The predicted molar refractivity (Wildman–Crippen MR) is 64.3 cm³/mol. The Morgan fingerprint density at radius 3 is 2.78 bits per heavy atom. The molecule has 0 saturated heterocycles. The predicted octanol–water partition coefficient (Wildman–Crippen LogP) is 0.893. The molecule has 1 heterocycles. The van der Waals surface area contributed by atoms with Crippen LogP contribution in [-0.4, -0.2) is 30.6 Å². The summed E-state index contributed by atoms with van der Waals surface area (Å²) in [5, 5.41) is 6.42. The zero-order chi connectivity index (χ0) is 13.0. The van der Waals surface area contributed by atoms with Crippen molar-refractivity contribution in [3.8, 4) is 0 Å². The number of amides is 3. The first kappa shape index (κ1) is 12.6. The van der Waals surface area contributed by atoms with Gasteiger partial charge in [-0.1, -0.05) is 6.07 Å². The topological polar surface area (TPSA) is 84.5 Å². The monoisotopic (exact) mass is 268 g/mol. The Balaban J connectivity index is 1.67. The van der Waals surface area contributed by atoms with Crippen LogP contribution in [0.5, 0.6) is 0 Å². The highest BCUT2D eigenvalue weighted by molar-refractivity contribution is 7.11. The van der Waals surface area contributed by atoms with E-state index in [1.807, 2.05) is 0 Å². The van der Waals surface area contributed by atoms with Crippen LogP contribution in [0.1, 0.15) is 22.5 Å². The van der Waals surface area contributed by atoms with Gasteiger partial charge in [0.2, 0.25) is 0 Å². The van der Waals surface area contributed by atoms with E-state index in [4.69, 9.17) is 4.74 Å². The van der Waals surface area contributed by atoms with Crippen LogP contribution in [-0.2, 0) is 9.53 Å². The molecule has 0 aliphatic heterocycles. The lowest BCUT2D eigenvalue weighted by molar-refractivity contribution is -0.123. The van der Waals surface area contributed by atoms with Crippen molar-refractivity contribution in [2.24, 2.45) is 0 Å². The number of esters is 1. The van der Waals surface area contributed by atoms with Gasteiger partial charge in [-0.3, -0.25) is 10.1 Å². The van der Waals surface area contributed by atoms with Gasteiger partial charge >= 0.3 is 12.0 Å². The van der Waals surface area contributed by atoms with Crippen LogP contribution >= 0.6 is 11.3 Å². The van der Waals surface area contributed by atoms with Crippen LogP contribution in [0.3, 0.4) is 0 Å². The third kappa shape index (κ3) is 3.85. The molecule has 3 amide bonds. The van der Waals surface area contributed by atoms with E-state index in [1.54, 1.807) is 17.5 Å². The minimum absolute atomic E-state index is 0.173. The number of thiophene rings is 1. The fraction of sp³-hybridized carbons (Fsp3) is 0.364. The zero-order valence-electron chi connectivity index (χ0n) is 9.47. The molecular formula is C11H12N2O4S. The highest BCUT2D eigenvalue weighted by Crippen LogP contribution is 2.18. The Hall–Kier alpha value is -1.89. The molecule has 18 heavy (non-hydrogen) atoms. The SMILES string of the molecule is O=C(COC(=O)c1cccs1)NC(=O)NC1CC1. The van der Waals surface area contributed by atoms with E-state index in [2.05, 4.69) is 10.6 Å². The summed E-state index contributed by atoms with van der Waals surface area (Å²) < 4.78 is 4.75. The maximum atomic E-state index is 11.4. The molecule has 2 N–H and O–H groups in total. The molecule has 0 aromatic carbocycles. The first-order valence-corrected chi connectivity index (χ1v) is 6.34. The molecule has 1 aromatic rings. The second kappa shape index (κ2) is 5.63. The fourth-order valence-electron chi connectivity index (χ4n) is 1.21. The molecule has 0 bridgehead atoms. The Labute approximate surface area is 107 Å². The second-order valence-corrected chi connectivity index (χ2v) is 4.80. The molecule has 0 atom stereocenters. The maximum Gasteiger partial charge on any atom is 0.348 e. The van der Waals surface area contributed by atoms with Crippen molar-refractivity contribution in [2.75, 3.05) is 6.61 Å². The summed E-state index contributed by atoms with van der Waals surface area (Å²) in [7, 11) is 0. The first-order valence-electron chi connectivity index (χ1n) is 5.46. The largest absolute Gasteiger partial charge is 0.451 e. The van der Waals surface area contributed by atoms with Gasteiger partial charge in [-0.2, -0.15) is 0 Å². The molecular weight excluding hydrogens is 256 g/mol. The summed E-state index contributed by atoms with van der Waals surface area (Å²) in [6.45, 7) is -0.463. The molecule has 7 heteroatoms. The lowest BCUT2D eigenvalue weighted by Crippen LogP contribution is -2.42. The highest BCUT2D eigenvalue weighted by Gasteiger charge is 2.24. The number of urea groups is 1. The van der Waals surface area contributed by atoms with Gasteiger partial charge in [0.25, 0.3) is 5.91 Å². The molecule has 0 radical (unpaired) electrons. The molecule has 0 unspecified atom stereocenters. The van der Waals surface area contributed by atoms with Gasteiger partial charge in [0.15, 0.2) is 6.61 Å². The average molecular weight is 268 g/mol. The molecule has 1 fully saturated rings. The van der Waals surface area contributed by atoms with Crippen molar-refractivity contribution in [1.82, 2.24) is 10.6 Å².